The van der Waals surface area contributed by atoms with Crippen molar-refractivity contribution in [1.82, 2.24) is 24.5 Å². The zero-order chi connectivity index (χ0) is 13.2. The van der Waals surface area contributed by atoms with Crippen LogP contribution >= 0.6 is 11.5 Å². The summed E-state index contributed by atoms with van der Waals surface area (Å²) in [6.45, 7) is 3.17. The number of amides is 1. The number of fused-ring (bicyclic) bond motifs is 1. The van der Waals surface area contributed by atoms with E-state index in [1.165, 1.54) is 17.9 Å². The Morgan fingerprint density at radius 3 is 3.16 bits per heavy atom. The first-order valence-corrected chi connectivity index (χ1v) is 6.95. The van der Waals surface area contributed by atoms with Gasteiger partial charge in [-0.3, -0.25) is 4.79 Å². The topological polar surface area (TPSA) is 71.9 Å². The van der Waals surface area contributed by atoms with Crippen LogP contribution in [-0.2, 0) is 19.5 Å². The van der Waals surface area contributed by atoms with Gasteiger partial charge in [0.15, 0.2) is 0 Å². The monoisotopic (exact) mass is 275 g/mol. The number of carbonyl (C=O) groups excluding carboxylic acids is 1. The molecule has 19 heavy (non-hydrogen) atoms. The first kappa shape index (κ1) is 12.2. The van der Waals surface area contributed by atoms with Crippen LogP contribution in [0.25, 0.3) is 0 Å². The highest BCUT2D eigenvalue weighted by Crippen LogP contribution is 2.24. The van der Waals surface area contributed by atoms with Gasteiger partial charge in [0.2, 0.25) is 0 Å². The molecule has 2 aromatic rings. The van der Waals surface area contributed by atoms with Crippen molar-refractivity contribution in [2.45, 2.75) is 32.9 Å². The summed E-state index contributed by atoms with van der Waals surface area (Å²) in [4.78, 5) is 23.1. The molecular weight excluding hydrogens is 262 g/mol. The van der Waals surface area contributed by atoms with Crippen LogP contribution in [0.3, 0.4) is 0 Å². The van der Waals surface area contributed by atoms with Crippen molar-refractivity contribution < 1.29 is 4.79 Å². The molecule has 0 saturated heterocycles. The van der Waals surface area contributed by atoms with E-state index in [1.807, 2.05) is 0 Å². The van der Waals surface area contributed by atoms with E-state index >= 15 is 0 Å². The zero-order valence-electron chi connectivity index (χ0n) is 10.5. The van der Waals surface area contributed by atoms with Gasteiger partial charge in [-0.25, -0.2) is 9.97 Å². The molecule has 0 fully saturated rings. The van der Waals surface area contributed by atoms with E-state index in [2.05, 4.69) is 26.5 Å². The molecule has 0 aromatic carbocycles. The summed E-state index contributed by atoms with van der Waals surface area (Å²) in [7, 11) is 0. The lowest BCUT2D eigenvalue weighted by atomic mass is 10.2. The predicted octanol–water partition coefficient (Wildman–Crippen LogP) is 1.44. The van der Waals surface area contributed by atoms with Crippen molar-refractivity contribution >= 4 is 17.4 Å². The minimum Gasteiger partial charge on any atom is -0.327 e. The molecule has 0 bridgehead atoms. The van der Waals surface area contributed by atoms with E-state index in [4.69, 9.17) is 0 Å². The van der Waals surface area contributed by atoms with Crippen LogP contribution in [0.5, 0.6) is 0 Å². The lowest BCUT2D eigenvalue weighted by Gasteiger charge is -2.13. The maximum Gasteiger partial charge on any atom is 0.268 e. The molecule has 0 unspecified atom stereocenters. The smallest absolute Gasteiger partial charge is 0.268 e. The molecule has 0 radical (unpaired) electrons. The van der Waals surface area contributed by atoms with Crippen molar-refractivity contribution in [1.29, 1.82) is 0 Å². The van der Waals surface area contributed by atoms with Gasteiger partial charge in [-0.1, -0.05) is 17.8 Å². The number of hydrogen-bond acceptors (Lipinski definition) is 6. The molecule has 6 nitrogen and oxygen atoms in total. The molecule has 1 amide bonds. The highest BCUT2D eigenvalue weighted by Gasteiger charge is 2.28. The van der Waals surface area contributed by atoms with Crippen LogP contribution < -0.4 is 0 Å². The third-order valence-corrected chi connectivity index (χ3v) is 3.86. The highest BCUT2D eigenvalue weighted by atomic mass is 32.1. The van der Waals surface area contributed by atoms with Gasteiger partial charge in [0, 0.05) is 18.3 Å². The Balaban J connectivity index is 1.81. The van der Waals surface area contributed by atoms with Gasteiger partial charge in [-0.15, -0.1) is 5.10 Å². The standard InChI is InChI=1S/C12H13N5OS/c1-2-3-9-11(19-16-15-9)12(18)17-5-8-4-13-7-14-10(8)6-17/h4,7H,2-3,5-6H2,1H3. The summed E-state index contributed by atoms with van der Waals surface area (Å²) in [5, 5.41) is 4.04. The SMILES string of the molecule is CCCc1nnsc1C(=O)N1Cc2cncnc2C1. The Morgan fingerprint density at radius 2 is 2.37 bits per heavy atom. The summed E-state index contributed by atoms with van der Waals surface area (Å²) in [5.41, 5.74) is 2.75. The lowest BCUT2D eigenvalue weighted by Crippen LogP contribution is -2.25. The van der Waals surface area contributed by atoms with Gasteiger partial charge >= 0.3 is 0 Å². The van der Waals surface area contributed by atoms with Crippen molar-refractivity contribution in [3.63, 3.8) is 0 Å². The molecular formula is C12H13N5OS. The van der Waals surface area contributed by atoms with Crippen LogP contribution in [-0.4, -0.2) is 30.4 Å². The first-order valence-electron chi connectivity index (χ1n) is 6.18. The highest BCUT2D eigenvalue weighted by molar-refractivity contribution is 7.08. The molecule has 1 aliphatic rings. The Hall–Kier alpha value is -1.89. The van der Waals surface area contributed by atoms with Crippen LogP contribution in [0.2, 0.25) is 0 Å². The summed E-state index contributed by atoms with van der Waals surface area (Å²) in [6, 6.07) is 0. The number of aromatic nitrogens is 4. The zero-order valence-corrected chi connectivity index (χ0v) is 11.4. The number of carbonyl (C=O) groups is 1. The average molecular weight is 275 g/mol. The molecule has 0 atom stereocenters. The second-order valence-electron chi connectivity index (χ2n) is 4.45. The van der Waals surface area contributed by atoms with E-state index in [-0.39, 0.29) is 5.91 Å². The molecule has 0 saturated carbocycles. The van der Waals surface area contributed by atoms with Crippen LogP contribution in [0.4, 0.5) is 0 Å². The number of nitrogens with zero attached hydrogens (tertiary/aromatic N) is 5. The maximum atomic E-state index is 12.5. The molecule has 98 valence electrons. The van der Waals surface area contributed by atoms with Gasteiger partial charge in [-0.05, 0) is 18.0 Å². The van der Waals surface area contributed by atoms with Crippen LogP contribution in [0.1, 0.15) is 40.0 Å². The Labute approximate surface area is 114 Å². The minimum atomic E-state index is -0.00329. The molecule has 2 aromatic heterocycles. The Bertz CT molecular complexity index is 587. The molecule has 0 aliphatic carbocycles. The maximum absolute atomic E-state index is 12.5. The fraction of sp³-hybridized carbons (Fsp3) is 0.417. The second-order valence-corrected chi connectivity index (χ2v) is 5.21. The predicted molar refractivity (Wildman–Crippen MR) is 69.5 cm³/mol. The Morgan fingerprint density at radius 1 is 1.47 bits per heavy atom. The normalized spacial score (nSPS) is 13.6. The van der Waals surface area contributed by atoms with E-state index in [1.54, 1.807) is 11.1 Å². The van der Waals surface area contributed by atoms with Gasteiger partial charge in [0.25, 0.3) is 5.91 Å². The third-order valence-electron chi connectivity index (χ3n) is 3.11. The molecule has 1 aliphatic heterocycles. The van der Waals surface area contributed by atoms with Gasteiger partial charge in [-0.2, -0.15) is 0 Å². The average Bonchev–Trinajstić information content (AvgIpc) is 3.04. The quantitative estimate of drug-likeness (QED) is 0.847. The number of aryl methyl sites for hydroxylation is 1. The summed E-state index contributed by atoms with van der Waals surface area (Å²) >= 11 is 1.17. The molecule has 3 rings (SSSR count). The van der Waals surface area contributed by atoms with Gasteiger partial charge in [0.05, 0.1) is 17.9 Å². The van der Waals surface area contributed by atoms with Crippen LogP contribution in [0, 0.1) is 0 Å². The van der Waals surface area contributed by atoms with Gasteiger partial charge in [0.1, 0.15) is 11.2 Å². The van der Waals surface area contributed by atoms with E-state index < -0.39 is 0 Å². The molecule has 0 N–H and O–H groups in total. The fourth-order valence-electron chi connectivity index (χ4n) is 2.16. The van der Waals surface area contributed by atoms with E-state index in [0.29, 0.717) is 18.0 Å². The first-order chi connectivity index (χ1) is 9.29. The van der Waals surface area contributed by atoms with Crippen LogP contribution in [0.15, 0.2) is 12.5 Å². The minimum absolute atomic E-state index is 0.00329. The fourth-order valence-corrected chi connectivity index (χ4v) is 2.84. The van der Waals surface area contributed by atoms with Crippen molar-refractivity contribution in [3.8, 4) is 0 Å². The van der Waals surface area contributed by atoms with E-state index in [0.717, 1.165) is 29.8 Å². The summed E-state index contributed by atoms with van der Waals surface area (Å²) < 4.78 is 3.90. The van der Waals surface area contributed by atoms with E-state index in [9.17, 15) is 4.79 Å². The molecule has 7 heteroatoms. The van der Waals surface area contributed by atoms with Crippen molar-refractivity contribution in [3.05, 3.63) is 34.4 Å². The third kappa shape index (κ3) is 2.21. The largest absolute Gasteiger partial charge is 0.327 e. The van der Waals surface area contributed by atoms with Crippen molar-refractivity contribution in [2.24, 2.45) is 0 Å². The lowest BCUT2D eigenvalue weighted by molar-refractivity contribution is 0.0754. The second kappa shape index (κ2) is 5.00. The summed E-state index contributed by atoms with van der Waals surface area (Å²) in [6.07, 6.45) is 5.03. The van der Waals surface area contributed by atoms with Crippen molar-refractivity contribution in [2.75, 3.05) is 0 Å². The number of hydrogen-bond donors (Lipinski definition) is 0. The molecule has 3 heterocycles. The summed E-state index contributed by atoms with van der Waals surface area (Å²) in [5.74, 6) is -0.00329. The molecule has 0 spiro atoms. The number of rotatable bonds is 3. The van der Waals surface area contributed by atoms with Gasteiger partial charge < -0.3 is 4.90 Å². The Kier molecular flexibility index (Phi) is 3.20.